The van der Waals surface area contributed by atoms with Crippen LogP contribution in [0.4, 0.5) is 9.18 Å². The van der Waals surface area contributed by atoms with Gasteiger partial charge in [0.05, 0.1) is 7.11 Å². The number of amides is 2. The van der Waals surface area contributed by atoms with Gasteiger partial charge in [0.1, 0.15) is 17.1 Å². The number of hydrogen-bond acceptors (Lipinski definition) is 5. The summed E-state index contributed by atoms with van der Waals surface area (Å²) in [4.78, 5) is 32.7. The Kier molecular flexibility index (Phi) is 4.81. The van der Waals surface area contributed by atoms with E-state index in [0.717, 1.165) is 25.3 Å². The minimum Gasteiger partial charge on any atom is -0.483 e. The standard InChI is InChI=1S/C11H10FNO6/c1-18-11(17)13-9(14)5-19-8-4-6(12)2-3-7(8)10(15)16/h2-4H,5H2,1H3,(H,15,16)(H,13,14,17). The van der Waals surface area contributed by atoms with Gasteiger partial charge < -0.3 is 14.6 Å². The maximum Gasteiger partial charge on any atom is 0.413 e. The maximum absolute atomic E-state index is 13.0. The highest BCUT2D eigenvalue weighted by atomic mass is 19.1. The van der Waals surface area contributed by atoms with Gasteiger partial charge >= 0.3 is 12.1 Å². The van der Waals surface area contributed by atoms with Crippen LogP contribution in [0.2, 0.25) is 0 Å². The molecule has 2 amide bonds. The normalized spacial score (nSPS) is 9.58. The number of methoxy groups -OCH3 is 1. The van der Waals surface area contributed by atoms with Gasteiger partial charge in [-0.1, -0.05) is 0 Å². The summed E-state index contributed by atoms with van der Waals surface area (Å²) < 4.78 is 22.0. The van der Waals surface area contributed by atoms with Crippen molar-refractivity contribution in [2.24, 2.45) is 0 Å². The molecule has 0 aromatic heterocycles. The van der Waals surface area contributed by atoms with Crippen LogP contribution in [0.15, 0.2) is 18.2 Å². The number of carbonyl (C=O) groups is 3. The molecule has 0 aliphatic heterocycles. The third-order valence-electron chi connectivity index (χ3n) is 1.96. The third kappa shape index (κ3) is 4.26. The van der Waals surface area contributed by atoms with Crippen molar-refractivity contribution < 1.29 is 33.4 Å². The lowest BCUT2D eigenvalue weighted by molar-refractivity contribution is -0.122. The molecule has 102 valence electrons. The van der Waals surface area contributed by atoms with Crippen molar-refractivity contribution in [1.82, 2.24) is 5.32 Å². The molecule has 0 atom stereocenters. The first kappa shape index (κ1) is 14.4. The van der Waals surface area contributed by atoms with Crippen LogP contribution in [-0.4, -0.2) is 36.8 Å². The number of aromatic carboxylic acids is 1. The Bertz CT molecular complexity index is 516. The molecule has 1 aromatic rings. The molecule has 0 saturated heterocycles. The smallest absolute Gasteiger partial charge is 0.413 e. The molecule has 0 aliphatic carbocycles. The minimum absolute atomic E-state index is 0.299. The molecular formula is C11H10FNO6. The van der Waals surface area contributed by atoms with Gasteiger partial charge in [0.2, 0.25) is 0 Å². The average molecular weight is 271 g/mol. The summed E-state index contributed by atoms with van der Waals surface area (Å²) in [6, 6.07) is 2.78. The maximum atomic E-state index is 13.0. The monoisotopic (exact) mass is 271 g/mol. The Morgan fingerprint density at radius 3 is 2.63 bits per heavy atom. The van der Waals surface area contributed by atoms with Gasteiger partial charge in [0.15, 0.2) is 6.61 Å². The van der Waals surface area contributed by atoms with E-state index in [1.165, 1.54) is 0 Å². The quantitative estimate of drug-likeness (QED) is 0.839. The second-order valence-corrected chi connectivity index (χ2v) is 3.27. The number of hydrogen-bond donors (Lipinski definition) is 2. The Balaban J connectivity index is 2.72. The second-order valence-electron chi connectivity index (χ2n) is 3.27. The lowest BCUT2D eigenvalue weighted by Crippen LogP contribution is -2.34. The molecule has 2 N–H and O–H groups in total. The van der Waals surface area contributed by atoms with Gasteiger partial charge in [-0.2, -0.15) is 0 Å². The zero-order valence-electron chi connectivity index (χ0n) is 9.81. The molecule has 1 rings (SSSR count). The summed E-state index contributed by atoms with van der Waals surface area (Å²) in [6.07, 6.45) is -0.980. The summed E-state index contributed by atoms with van der Waals surface area (Å²) in [7, 11) is 1.07. The largest absolute Gasteiger partial charge is 0.483 e. The highest BCUT2D eigenvalue weighted by Crippen LogP contribution is 2.19. The number of carbonyl (C=O) groups excluding carboxylic acids is 2. The molecule has 0 unspecified atom stereocenters. The first-order chi connectivity index (χ1) is 8.93. The van der Waals surface area contributed by atoms with E-state index in [9.17, 15) is 18.8 Å². The zero-order valence-corrected chi connectivity index (χ0v) is 9.81. The molecule has 0 bridgehead atoms. The van der Waals surface area contributed by atoms with Crippen LogP contribution < -0.4 is 10.1 Å². The van der Waals surface area contributed by atoms with Crippen molar-refractivity contribution in [1.29, 1.82) is 0 Å². The Labute approximate surface area is 106 Å². The van der Waals surface area contributed by atoms with E-state index in [2.05, 4.69) is 4.74 Å². The minimum atomic E-state index is -1.33. The molecule has 7 nitrogen and oxygen atoms in total. The molecule has 0 aliphatic rings. The van der Waals surface area contributed by atoms with Crippen molar-refractivity contribution in [2.75, 3.05) is 13.7 Å². The fourth-order valence-corrected chi connectivity index (χ4v) is 1.14. The van der Waals surface area contributed by atoms with E-state index < -0.39 is 30.4 Å². The zero-order chi connectivity index (χ0) is 14.4. The SMILES string of the molecule is COC(=O)NC(=O)COc1cc(F)ccc1C(=O)O. The number of rotatable bonds is 4. The van der Waals surface area contributed by atoms with E-state index in [0.29, 0.717) is 0 Å². The van der Waals surface area contributed by atoms with Crippen molar-refractivity contribution in [3.63, 3.8) is 0 Å². The van der Waals surface area contributed by atoms with Crippen LogP contribution in [0.1, 0.15) is 10.4 Å². The number of carboxylic acids is 1. The lowest BCUT2D eigenvalue weighted by Gasteiger charge is -2.08. The predicted octanol–water partition coefficient (Wildman–Crippen LogP) is 0.785. The number of imide groups is 1. The van der Waals surface area contributed by atoms with Gasteiger partial charge in [0.25, 0.3) is 5.91 Å². The van der Waals surface area contributed by atoms with E-state index in [1.807, 2.05) is 0 Å². The number of alkyl carbamates (subject to hydrolysis) is 1. The van der Waals surface area contributed by atoms with Crippen LogP contribution in [0, 0.1) is 5.82 Å². The summed E-state index contributed by atoms with van der Waals surface area (Å²) in [5, 5.41) is 10.6. The average Bonchev–Trinajstić information content (AvgIpc) is 2.35. The fourth-order valence-electron chi connectivity index (χ4n) is 1.14. The Morgan fingerprint density at radius 2 is 2.05 bits per heavy atom. The van der Waals surface area contributed by atoms with Gasteiger partial charge in [-0.05, 0) is 12.1 Å². The lowest BCUT2D eigenvalue weighted by atomic mass is 10.2. The van der Waals surface area contributed by atoms with Crippen LogP contribution in [-0.2, 0) is 9.53 Å². The van der Waals surface area contributed by atoms with E-state index in [-0.39, 0.29) is 11.3 Å². The van der Waals surface area contributed by atoms with Gasteiger partial charge in [-0.3, -0.25) is 10.1 Å². The van der Waals surface area contributed by atoms with Gasteiger partial charge in [-0.15, -0.1) is 0 Å². The highest BCUT2D eigenvalue weighted by Gasteiger charge is 2.14. The number of carboxylic acid groups (broad SMARTS) is 1. The van der Waals surface area contributed by atoms with Crippen LogP contribution in [0.3, 0.4) is 0 Å². The molecule has 19 heavy (non-hydrogen) atoms. The number of nitrogens with one attached hydrogen (secondary N) is 1. The van der Waals surface area contributed by atoms with Gasteiger partial charge in [-0.25, -0.2) is 14.0 Å². The van der Waals surface area contributed by atoms with E-state index in [4.69, 9.17) is 9.84 Å². The first-order valence-electron chi connectivity index (χ1n) is 4.97. The molecule has 8 heteroatoms. The summed E-state index contributed by atoms with van der Waals surface area (Å²) in [5.41, 5.74) is -0.299. The van der Waals surface area contributed by atoms with Crippen LogP contribution >= 0.6 is 0 Å². The van der Waals surface area contributed by atoms with Gasteiger partial charge in [0, 0.05) is 6.07 Å². The molecule has 0 fully saturated rings. The highest BCUT2D eigenvalue weighted by molar-refractivity contribution is 5.93. The second kappa shape index (κ2) is 6.34. The summed E-state index contributed by atoms with van der Waals surface area (Å²) in [6.45, 7) is -0.654. The molecule has 0 spiro atoms. The topological polar surface area (TPSA) is 102 Å². The molecular weight excluding hydrogens is 261 g/mol. The van der Waals surface area contributed by atoms with Crippen LogP contribution in [0.5, 0.6) is 5.75 Å². The fraction of sp³-hybridized carbons (Fsp3) is 0.182. The van der Waals surface area contributed by atoms with Crippen LogP contribution in [0.25, 0.3) is 0 Å². The van der Waals surface area contributed by atoms with E-state index in [1.54, 1.807) is 5.32 Å². The number of halogens is 1. The number of ether oxygens (including phenoxy) is 2. The van der Waals surface area contributed by atoms with Crippen molar-refractivity contribution in [3.05, 3.63) is 29.6 Å². The Morgan fingerprint density at radius 1 is 1.37 bits per heavy atom. The molecule has 1 aromatic carbocycles. The Hall–Kier alpha value is -2.64. The van der Waals surface area contributed by atoms with E-state index >= 15 is 0 Å². The summed E-state index contributed by atoms with van der Waals surface area (Å²) >= 11 is 0. The molecule has 0 saturated carbocycles. The van der Waals surface area contributed by atoms with Crippen molar-refractivity contribution in [3.8, 4) is 5.75 Å². The summed E-state index contributed by atoms with van der Waals surface area (Å²) in [5.74, 6) is -3.21. The first-order valence-corrected chi connectivity index (χ1v) is 4.97. The molecule has 0 heterocycles. The van der Waals surface area contributed by atoms with Crippen molar-refractivity contribution in [2.45, 2.75) is 0 Å². The van der Waals surface area contributed by atoms with Crippen molar-refractivity contribution >= 4 is 18.0 Å². The third-order valence-corrected chi connectivity index (χ3v) is 1.96. The molecule has 0 radical (unpaired) electrons. The number of benzene rings is 1. The predicted molar refractivity (Wildman–Crippen MR) is 59.4 cm³/mol.